The number of aryl methyl sites for hydroxylation is 1. The minimum absolute atomic E-state index is 0.500. The molecule has 5 heteroatoms. The van der Waals surface area contributed by atoms with Gasteiger partial charge in [-0.1, -0.05) is 6.07 Å². The number of anilines is 1. The molecule has 19 heavy (non-hydrogen) atoms. The molecule has 3 rings (SSSR count). The van der Waals surface area contributed by atoms with E-state index in [2.05, 4.69) is 47.3 Å². The Balaban J connectivity index is 1.66. The molecule has 1 aliphatic carbocycles. The average molecular weight is 259 g/mol. The van der Waals surface area contributed by atoms with Gasteiger partial charge in [-0.25, -0.2) is 4.52 Å². The second kappa shape index (κ2) is 4.81. The molecule has 1 N–H and O–H groups in total. The van der Waals surface area contributed by atoms with E-state index in [1.54, 1.807) is 0 Å². The van der Waals surface area contributed by atoms with Crippen molar-refractivity contribution in [3.63, 3.8) is 0 Å². The minimum Gasteiger partial charge on any atom is -0.351 e. The van der Waals surface area contributed by atoms with Crippen LogP contribution in [0.4, 0.5) is 5.95 Å². The quantitative estimate of drug-likeness (QED) is 0.891. The van der Waals surface area contributed by atoms with Crippen LogP contribution in [0, 0.1) is 6.92 Å². The summed E-state index contributed by atoms with van der Waals surface area (Å²) in [4.78, 5) is 6.96. The van der Waals surface area contributed by atoms with Crippen LogP contribution in [0.3, 0.4) is 0 Å². The van der Waals surface area contributed by atoms with E-state index in [0.717, 1.165) is 23.8 Å². The van der Waals surface area contributed by atoms with E-state index in [1.807, 2.05) is 16.8 Å². The molecule has 1 atom stereocenters. The Morgan fingerprint density at radius 1 is 1.53 bits per heavy atom. The number of rotatable bonds is 5. The Kier molecular flexibility index (Phi) is 3.14. The van der Waals surface area contributed by atoms with Crippen molar-refractivity contribution in [2.75, 3.05) is 18.9 Å². The molecule has 0 amide bonds. The molecule has 5 nitrogen and oxygen atoms in total. The van der Waals surface area contributed by atoms with Crippen LogP contribution >= 0.6 is 0 Å². The maximum Gasteiger partial charge on any atom is 0.243 e. The molecule has 2 heterocycles. The maximum atomic E-state index is 4.53. The first-order chi connectivity index (χ1) is 9.15. The largest absolute Gasteiger partial charge is 0.351 e. The van der Waals surface area contributed by atoms with E-state index in [0.29, 0.717) is 12.0 Å². The number of nitrogens with one attached hydrogen (secondary N) is 1. The SMILES string of the molecule is Cc1cccn2nc(NCC(C)N(C)C3CC3)nc12. The van der Waals surface area contributed by atoms with E-state index in [9.17, 15) is 0 Å². The van der Waals surface area contributed by atoms with Crippen molar-refractivity contribution < 1.29 is 0 Å². The van der Waals surface area contributed by atoms with Gasteiger partial charge in [0.15, 0.2) is 5.65 Å². The van der Waals surface area contributed by atoms with E-state index in [-0.39, 0.29) is 0 Å². The first-order valence-electron chi connectivity index (χ1n) is 6.93. The topological polar surface area (TPSA) is 45.5 Å². The van der Waals surface area contributed by atoms with Gasteiger partial charge in [0.2, 0.25) is 5.95 Å². The van der Waals surface area contributed by atoms with Gasteiger partial charge in [-0.05, 0) is 45.4 Å². The molecule has 0 aromatic carbocycles. The monoisotopic (exact) mass is 259 g/mol. The number of fused-ring (bicyclic) bond motifs is 1. The Morgan fingerprint density at radius 2 is 2.32 bits per heavy atom. The summed E-state index contributed by atoms with van der Waals surface area (Å²) in [7, 11) is 2.20. The van der Waals surface area contributed by atoms with Gasteiger partial charge in [-0.2, -0.15) is 4.98 Å². The molecular weight excluding hydrogens is 238 g/mol. The molecule has 1 aliphatic rings. The lowest BCUT2D eigenvalue weighted by atomic mass is 10.3. The van der Waals surface area contributed by atoms with Crippen LogP contribution in [0.5, 0.6) is 0 Å². The van der Waals surface area contributed by atoms with Crippen LogP contribution in [-0.2, 0) is 0 Å². The second-order valence-electron chi connectivity index (χ2n) is 5.52. The standard InChI is InChI=1S/C14H21N5/c1-10-5-4-8-19-13(10)16-14(17-19)15-9-11(2)18(3)12-6-7-12/h4-5,8,11-12H,6-7,9H2,1-3H3,(H,15,17). The van der Waals surface area contributed by atoms with Gasteiger partial charge < -0.3 is 5.32 Å². The van der Waals surface area contributed by atoms with Gasteiger partial charge in [-0.15, -0.1) is 5.10 Å². The zero-order chi connectivity index (χ0) is 13.4. The number of hydrogen-bond donors (Lipinski definition) is 1. The Bertz CT molecular complexity index is 572. The molecule has 1 unspecified atom stereocenters. The summed E-state index contributed by atoms with van der Waals surface area (Å²) in [5.74, 6) is 0.713. The zero-order valence-electron chi connectivity index (χ0n) is 11.8. The Labute approximate surface area is 113 Å². The predicted molar refractivity (Wildman–Crippen MR) is 76.5 cm³/mol. The van der Waals surface area contributed by atoms with Crippen LogP contribution in [0.15, 0.2) is 18.3 Å². The van der Waals surface area contributed by atoms with Crippen molar-refractivity contribution in [1.29, 1.82) is 0 Å². The minimum atomic E-state index is 0.500. The summed E-state index contributed by atoms with van der Waals surface area (Å²) in [6.45, 7) is 5.17. The van der Waals surface area contributed by atoms with Crippen molar-refractivity contribution in [1.82, 2.24) is 19.5 Å². The predicted octanol–water partition coefficient (Wildman–Crippen LogP) is 1.93. The van der Waals surface area contributed by atoms with Gasteiger partial charge in [0, 0.05) is 24.8 Å². The third-order valence-corrected chi connectivity index (χ3v) is 3.93. The van der Waals surface area contributed by atoms with E-state index >= 15 is 0 Å². The van der Waals surface area contributed by atoms with Gasteiger partial charge >= 0.3 is 0 Å². The van der Waals surface area contributed by atoms with Crippen molar-refractivity contribution in [2.45, 2.75) is 38.8 Å². The average Bonchev–Trinajstić information content (AvgIpc) is 3.16. The highest BCUT2D eigenvalue weighted by atomic mass is 15.3. The number of likely N-dealkylation sites (N-methyl/N-ethyl adjacent to an activating group) is 1. The van der Waals surface area contributed by atoms with Crippen molar-refractivity contribution >= 4 is 11.6 Å². The van der Waals surface area contributed by atoms with E-state index in [4.69, 9.17) is 0 Å². The van der Waals surface area contributed by atoms with Crippen molar-refractivity contribution in [3.05, 3.63) is 23.9 Å². The van der Waals surface area contributed by atoms with Gasteiger partial charge in [-0.3, -0.25) is 4.90 Å². The highest BCUT2D eigenvalue weighted by Crippen LogP contribution is 2.26. The fourth-order valence-electron chi connectivity index (χ4n) is 2.34. The van der Waals surface area contributed by atoms with Crippen LogP contribution < -0.4 is 5.32 Å². The van der Waals surface area contributed by atoms with Gasteiger partial charge in [0.05, 0.1) is 0 Å². The normalized spacial score (nSPS) is 17.1. The lowest BCUT2D eigenvalue weighted by Crippen LogP contribution is -2.36. The van der Waals surface area contributed by atoms with Gasteiger partial charge in [0.25, 0.3) is 0 Å². The molecule has 0 bridgehead atoms. The van der Waals surface area contributed by atoms with Gasteiger partial charge in [0.1, 0.15) is 0 Å². The fourth-order valence-corrected chi connectivity index (χ4v) is 2.34. The number of aromatic nitrogens is 3. The highest BCUT2D eigenvalue weighted by Gasteiger charge is 2.28. The zero-order valence-corrected chi connectivity index (χ0v) is 11.8. The summed E-state index contributed by atoms with van der Waals surface area (Å²) in [6, 6.07) is 5.33. The first kappa shape index (κ1) is 12.4. The van der Waals surface area contributed by atoms with Crippen LogP contribution in [0.25, 0.3) is 5.65 Å². The smallest absolute Gasteiger partial charge is 0.243 e. The summed E-state index contributed by atoms with van der Waals surface area (Å²) in [5.41, 5.74) is 2.07. The third kappa shape index (κ3) is 2.56. The summed E-state index contributed by atoms with van der Waals surface area (Å²) in [5, 5.41) is 7.78. The Hall–Kier alpha value is -1.62. The summed E-state index contributed by atoms with van der Waals surface area (Å²) in [6.07, 6.45) is 4.61. The molecule has 102 valence electrons. The first-order valence-corrected chi connectivity index (χ1v) is 6.93. The van der Waals surface area contributed by atoms with Crippen LogP contribution in [0.1, 0.15) is 25.3 Å². The molecule has 1 fully saturated rings. The molecule has 0 saturated heterocycles. The number of hydrogen-bond acceptors (Lipinski definition) is 4. The summed E-state index contributed by atoms with van der Waals surface area (Å²) < 4.78 is 1.83. The van der Waals surface area contributed by atoms with E-state index in [1.165, 1.54) is 12.8 Å². The highest BCUT2D eigenvalue weighted by molar-refractivity contribution is 5.49. The fraction of sp³-hybridized carbons (Fsp3) is 0.571. The lowest BCUT2D eigenvalue weighted by molar-refractivity contribution is 0.257. The summed E-state index contributed by atoms with van der Waals surface area (Å²) >= 11 is 0. The molecule has 0 radical (unpaired) electrons. The van der Waals surface area contributed by atoms with Crippen molar-refractivity contribution in [3.8, 4) is 0 Å². The van der Waals surface area contributed by atoms with Crippen molar-refractivity contribution in [2.24, 2.45) is 0 Å². The second-order valence-corrected chi connectivity index (χ2v) is 5.52. The molecule has 0 aliphatic heterocycles. The van der Waals surface area contributed by atoms with Crippen LogP contribution in [-0.4, -0.2) is 45.2 Å². The lowest BCUT2D eigenvalue weighted by Gasteiger charge is -2.24. The Morgan fingerprint density at radius 3 is 3.00 bits per heavy atom. The molecule has 0 spiro atoms. The maximum absolute atomic E-state index is 4.53. The van der Waals surface area contributed by atoms with Crippen LogP contribution in [0.2, 0.25) is 0 Å². The van der Waals surface area contributed by atoms with E-state index < -0.39 is 0 Å². The third-order valence-electron chi connectivity index (χ3n) is 3.93. The number of pyridine rings is 1. The molecule has 2 aromatic rings. The number of nitrogens with zero attached hydrogens (tertiary/aromatic N) is 4. The molecule has 1 saturated carbocycles. The molecule has 2 aromatic heterocycles. The molecular formula is C14H21N5.